The first-order valence-corrected chi connectivity index (χ1v) is 7.22. The zero-order valence-electron chi connectivity index (χ0n) is 13.9. The minimum absolute atomic E-state index is 0.0395. The SMILES string of the molecule is COCCOCO[C@@H]([C@H]1COC(C)(C)O1)C(C)(C)C(C)=O. The van der Waals surface area contributed by atoms with Gasteiger partial charge < -0.3 is 23.7 Å². The third-order valence-corrected chi connectivity index (χ3v) is 3.75. The minimum atomic E-state index is -0.681. The van der Waals surface area contributed by atoms with Crippen molar-refractivity contribution < 1.29 is 28.5 Å². The van der Waals surface area contributed by atoms with Crippen molar-refractivity contribution in [2.45, 2.75) is 52.6 Å². The first kappa shape index (κ1) is 18.5. The molecule has 1 aliphatic rings. The van der Waals surface area contributed by atoms with Crippen LogP contribution in [0, 0.1) is 5.41 Å². The standard InChI is InChI=1S/C15H28O6/c1-11(16)14(2,3)13(19-10-18-8-7-17-6)12-9-20-15(4,5)21-12/h12-13H,7-10H2,1-6H3/t12-,13+/m1/s1. The van der Waals surface area contributed by atoms with Gasteiger partial charge in [-0.15, -0.1) is 0 Å². The fourth-order valence-corrected chi connectivity index (χ4v) is 2.17. The van der Waals surface area contributed by atoms with Crippen molar-refractivity contribution in [3.05, 3.63) is 0 Å². The van der Waals surface area contributed by atoms with E-state index in [9.17, 15) is 4.79 Å². The molecule has 0 aromatic carbocycles. The van der Waals surface area contributed by atoms with Crippen LogP contribution in [0.4, 0.5) is 0 Å². The van der Waals surface area contributed by atoms with Crippen molar-refractivity contribution in [3.63, 3.8) is 0 Å². The van der Waals surface area contributed by atoms with Gasteiger partial charge >= 0.3 is 0 Å². The van der Waals surface area contributed by atoms with E-state index >= 15 is 0 Å². The molecule has 0 N–H and O–H groups in total. The highest BCUT2D eigenvalue weighted by atomic mass is 16.8. The number of hydrogen-bond acceptors (Lipinski definition) is 6. The van der Waals surface area contributed by atoms with Gasteiger partial charge in [0.05, 0.1) is 25.2 Å². The van der Waals surface area contributed by atoms with Crippen LogP contribution in [0.3, 0.4) is 0 Å². The Labute approximate surface area is 127 Å². The Morgan fingerprint density at radius 3 is 2.52 bits per heavy atom. The van der Waals surface area contributed by atoms with E-state index in [1.54, 1.807) is 14.0 Å². The lowest BCUT2D eigenvalue weighted by Gasteiger charge is -2.35. The summed E-state index contributed by atoms with van der Waals surface area (Å²) in [6.45, 7) is 10.4. The van der Waals surface area contributed by atoms with Crippen molar-refractivity contribution in [2.75, 3.05) is 33.7 Å². The molecule has 0 aliphatic carbocycles. The van der Waals surface area contributed by atoms with E-state index in [-0.39, 0.29) is 18.7 Å². The summed E-state index contributed by atoms with van der Waals surface area (Å²) in [4.78, 5) is 11.9. The highest BCUT2D eigenvalue weighted by molar-refractivity contribution is 5.82. The van der Waals surface area contributed by atoms with Gasteiger partial charge in [-0.25, -0.2) is 0 Å². The first-order valence-electron chi connectivity index (χ1n) is 7.22. The van der Waals surface area contributed by atoms with Crippen LogP contribution in [0.1, 0.15) is 34.6 Å². The molecule has 6 heteroatoms. The fraction of sp³-hybridized carbons (Fsp3) is 0.933. The average Bonchev–Trinajstić information content (AvgIpc) is 2.73. The highest BCUT2D eigenvalue weighted by Crippen LogP contribution is 2.34. The molecule has 1 aliphatic heterocycles. The number of Topliss-reactive ketones (excluding diaryl/α,β-unsaturated/α-hetero) is 1. The largest absolute Gasteiger partial charge is 0.382 e. The quantitative estimate of drug-likeness (QED) is 0.478. The second kappa shape index (κ2) is 7.65. The summed E-state index contributed by atoms with van der Waals surface area (Å²) >= 11 is 0. The number of carbonyl (C=O) groups excluding carboxylic acids is 1. The number of carbonyl (C=O) groups is 1. The van der Waals surface area contributed by atoms with Crippen LogP contribution in [-0.2, 0) is 28.5 Å². The molecule has 6 nitrogen and oxygen atoms in total. The number of ether oxygens (including phenoxy) is 5. The normalized spacial score (nSPS) is 23.2. The fourth-order valence-electron chi connectivity index (χ4n) is 2.17. The van der Waals surface area contributed by atoms with Crippen molar-refractivity contribution in [1.29, 1.82) is 0 Å². The van der Waals surface area contributed by atoms with Crippen molar-refractivity contribution >= 4 is 5.78 Å². The Hall–Kier alpha value is -0.530. The van der Waals surface area contributed by atoms with Gasteiger partial charge in [-0.3, -0.25) is 4.79 Å². The van der Waals surface area contributed by atoms with Crippen LogP contribution < -0.4 is 0 Å². The van der Waals surface area contributed by atoms with Gasteiger partial charge in [0.1, 0.15) is 24.8 Å². The molecule has 124 valence electrons. The highest BCUT2D eigenvalue weighted by Gasteiger charge is 2.46. The molecule has 0 aromatic rings. The topological polar surface area (TPSA) is 63.2 Å². The second-order valence-electron chi connectivity index (χ2n) is 6.25. The third kappa shape index (κ3) is 5.30. The van der Waals surface area contributed by atoms with Crippen molar-refractivity contribution in [1.82, 2.24) is 0 Å². The molecule has 0 unspecified atom stereocenters. The maximum Gasteiger partial charge on any atom is 0.163 e. The zero-order valence-corrected chi connectivity index (χ0v) is 13.9. The molecular weight excluding hydrogens is 276 g/mol. The first-order chi connectivity index (χ1) is 9.70. The van der Waals surface area contributed by atoms with Gasteiger partial charge in [0, 0.05) is 7.11 Å². The third-order valence-electron chi connectivity index (χ3n) is 3.75. The van der Waals surface area contributed by atoms with E-state index in [0.29, 0.717) is 19.8 Å². The zero-order chi connectivity index (χ0) is 16.1. The molecule has 0 saturated carbocycles. The van der Waals surface area contributed by atoms with Crippen LogP contribution in [0.25, 0.3) is 0 Å². The van der Waals surface area contributed by atoms with Gasteiger partial charge in [0.15, 0.2) is 5.79 Å². The molecule has 1 fully saturated rings. The van der Waals surface area contributed by atoms with E-state index < -0.39 is 17.3 Å². The van der Waals surface area contributed by atoms with E-state index in [0.717, 1.165) is 0 Å². The maximum absolute atomic E-state index is 11.9. The summed E-state index contributed by atoms with van der Waals surface area (Å²) in [7, 11) is 1.61. The van der Waals surface area contributed by atoms with Gasteiger partial charge in [-0.2, -0.15) is 0 Å². The van der Waals surface area contributed by atoms with Crippen LogP contribution in [0.15, 0.2) is 0 Å². The lowest BCUT2D eigenvalue weighted by atomic mass is 9.80. The Bertz CT molecular complexity index is 339. The lowest BCUT2D eigenvalue weighted by molar-refractivity contribution is -0.195. The van der Waals surface area contributed by atoms with Crippen LogP contribution in [0.2, 0.25) is 0 Å². The van der Waals surface area contributed by atoms with Crippen molar-refractivity contribution in [2.24, 2.45) is 5.41 Å². The molecule has 21 heavy (non-hydrogen) atoms. The number of methoxy groups -OCH3 is 1. The summed E-state index contributed by atoms with van der Waals surface area (Å²) in [5.41, 5.74) is -0.681. The molecule has 1 rings (SSSR count). The van der Waals surface area contributed by atoms with Crippen LogP contribution >= 0.6 is 0 Å². The summed E-state index contributed by atoms with van der Waals surface area (Å²) in [6, 6.07) is 0. The molecular formula is C15H28O6. The minimum Gasteiger partial charge on any atom is -0.382 e. The molecule has 0 spiro atoms. The van der Waals surface area contributed by atoms with Crippen molar-refractivity contribution in [3.8, 4) is 0 Å². The van der Waals surface area contributed by atoms with E-state index in [2.05, 4.69) is 0 Å². The van der Waals surface area contributed by atoms with Gasteiger partial charge in [0.2, 0.25) is 0 Å². The Morgan fingerprint density at radius 2 is 2.05 bits per heavy atom. The number of rotatable bonds is 9. The van der Waals surface area contributed by atoms with Gasteiger partial charge in [0.25, 0.3) is 0 Å². The summed E-state index contributed by atoms with van der Waals surface area (Å²) in [5, 5.41) is 0. The Morgan fingerprint density at radius 1 is 1.38 bits per heavy atom. The predicted octanol–water partition coefficient (Wildman–Crippen LogP) is 1.76. The summed E-state index contributed by atoms with van der Waals surface area (Å²) in [6.07, 6.45) is -0.732. The van der Waals surface area contributed by atoms with E-state index in [4.69, 9.17) is 23.7 Å². The lowest BCUT2D eigenvalue weighted by Crippen LogP contribution is -2.47. The molecule has 1 heterocycles. The molecule has 1 saturated heterocycles. The maximum atomic E-state index is 11.9. The predicted molar refractivity (Wildman–Crippen MR) is 76.9 cm³/mol. The molecule has 0 bridgehead atoms. The second-order valence-corrected chi connectivity index (χ2v) is 6.25. The van der Waals surface area contributed by atoms with Crippen LogP contribution in [0.5, 0.6) is 0 Å². The Kier molecular flexibility index (Phi) is 6.74. The smallest absolute Gasteiger partial charge is 0.163 e. The summed E-state index contributed by atoms with van der Waals surface area (Å²) in [5.74, 6) is -0.617. The van der Waals surface area contributed by atoms with E-state index in [1.165, 1.54) is 0 Å². The molecule has 2 atom stereocenters. The molecule has 0 amide bonds. The molecule has 0 radical (unpaired) electrons. The number of hydrogen-bond donors (Lipinski definition) is 0. The van der Waals surface area contributed by atoms with E-state index in [1.807, 2.05) is 27.7 Å². The molecule has 0 aromatic heterocycles. The Balaban J connectivity index is 2.65. The van der Waals surface area contributed by atoms with Gasteiger partial charge in [-0.05, 0) is 20.8 Å². The average molecular weight is 304 g/mol. The number of ketones is 1. The van der Waals surface area contributed by atoms with Crippen LogP contribution in [-0.4, -0.2) is 57.5 Å². The van der Waals surface area contributed by atoms with Gasteiger partial charge in [-0.1, -0.05) is 13.8 Å². The monoisotopic (exact) mass is 304 g/mol. The summed E-state index contributed by atoms with van der Waals surface area (Å²) < 4.78 is 27.5.